The van der Waals surface area contributed by atoms with Crippen LogP contribution in [-0.4, -0.2) is 90.9 Å². The molecule has 322 valence electrons. The normalized spacial score (nSPS) is 13.2. The number of unbranched alkanes of at least 4 members (excludes halogenated alkanes) is 1. The van der Waals surface area contributed by atoms with E-state index in [0.29, 0.717) is 31.5 Å². The number of alkyl carbamates (subject to hydrolysis) is 2. The summed E-state index contributed by atoms with van der Waals surface area (Å²) in [6.07, 6.45) is 0.357. The van der Waals surface area contributed by atoms with E-state index < -0.39 is 59.7 Å². The second kappa shape index (κ2) is 22.9. The molecule has 0 aliphatic heterocycles. The number of fused-ring (bicyclic) bond motifs is 3. The first-order chi connectivity index (χ1) is 28.7. The zero-order chi connectivity index (χ0) is 43.7. The smallest absolute Gasteiger partial charge is 0.440 e. The van der Waals surface area contributed by atoms with Crippen molar-refractivity contribution in [3.63, 3.8) is 0 Å². The van der Waals surface area contributed by atoms with Crippen LogP contribution in [0.5, 0.6) is 0 Å². The highest BCUT2D eigenvalue weighted by Crippen LogP contribution is 2.44. The maximum atomic E-state index is 14.0. The lowest BCUT2D eigenvalue weighted by Crippen LogP contribution is -2.54. The maximum Gasteiger partial charge on any atom is 0.440 e. The largest absolute Gasteiger partial charge is 0.447 e. The van der Waals surface area contributed by atoms with Crippen molar-refractivity contribution >= 4 is 48.1 Å². The molecule has 4 rings (SSSR count). The SMILES string of the molecule is C=CCOC(=O)N[C@@H](C)C(=O)NN(SN[C@H](Cc1ccccc1)C(=O)N[C@@H](CCCCNC(=O)OC(C)(C)C)C(=O)NC)C(=O)OCC1c2ccccc2-c2ccccc21. The molecule has 0 spiro atoms. The Bertz CT molecular complexity index is 1910. The Balaban J connectivity index is 1.50. The summed E-state index contributed by atoms with van der Waals surface area (Å²) in [6.45, 7) is 10.3. The Hall–Kier alpha value is -6.07. The summed E-state index contributed by atoms with van der Waals surface area (Å²) in [5, 5.41) is 10.5. The van der Waals surface area contributed by atoms with Gasteiger partial charge in [-0.1, -0.05) is 91.5 Å². The van der Waals surface area contributed by atoms with Crippen molar-refractivity contribution in [3.8, 4) is 11.1 Å². The standard InChI is InChI=1S/C43H55N7O9S/c1-7-25-57-41(55)46-28(2)37(51)48-50(42(56)58-27-34-32-21-13-11-19-30(32)31-20-12-14-22-33(31)34)60-49-36(26-29-17-9-8-10-18-29)39(53)47-35(38(52)44-6)23-15-16-24-45-40(54)59-43(3,4)5/h7-14,17-22,28,34-36,49H,1,15-16,23-27H2,2-6H3,(H,44,52)(H,45,54)(H,46,55)(H,47,53)(H,48,51)/t28-,35-,36+/m0/s1. The van der Waals surface area contributed by atoms with Gasteiger partial charge in [-0.3, -0.25) is 14.4 Å². The Labute approximate surface area is 355 Å². The third kappa shape index (κ3) is 14.3. The second-order valence-corrected chi connectivity index (χ2v) is 15.7. The zero-order valence-corrected chi connectivity index (χ0v) is 35.4. The predicted molar refractivity (Wildman–Crippen MR) is 228 cm³/mol. The molecule has 0 fully saturated rings. The number of amides is 6. The third-order valence-corrected chi connectivity index (χ3v) is 9.94. The minimum Gasteiger partial charge on any atom is -0.447 e. The number of rotatable bonds is 19. The lowest BCUT2D eigenvalue weighted by Gasteiger charge is -2.27. The first-order valence-corrected chi connectivity index (χ1v) is 20.4. The van der Waals surface area contributed by atoms with Gasteiger partial charge >= 0.3 is 18.3 Å². The minimum absolute atomic E-state index is 0.0729. The maximum absolute atomic E-state index is 14.0. The topological polar surface area (TPSA) is 206 Å². The lowest BCUT2D eigenvalue weighted by molar-refractivity contribution is -0.129. The second-order valence-electron chi connectivity index (χ2n) is 14.9. The van der Waals surface area contributed by atoms with Gasteiger partial charge in [-0.25, -0.2) is 24.5 Å². The van der Waals surface area contributed by atoms with Gasteiger partial charge in [-0.05, 0) is 81.2 Å². The Kier molecular flexibility index (Phi) is 17.8. The van der Waals surface area contributed by atoms with E-state index in [9.17, 15) is 28.8 Å². The molecule has 17 heteroatoms. The van der Waals surface area contributed by atoms with Crippen LogP contribution < -0.4 is 31.4 Å². The molecule has 3 aromatic carbocycles. The van der Waals surface area contributed by atoms with Crippen molar-refractivity contribution < 1.29 is 43.0 Å². The molecule has 0 aromatic heterocycles. The van der Waals surface area contributed by atoms with Gasteiger partial charge in [0.05, 0.1) is 12.1 Å². The third-order valence-electron chi connectivity index (χ3n) is 9.13. The van der Waals surface area contributed by atoms with Crippen molar-refractivity contribution in [1.82, 2.24) is 35.8 Å². The van der Waals surface area contributed by atoms with Crippen LogP contribution in [0, 0.1) is 0 Å². The molecule has 0 unspecified atom stereocenters. The number of ether oxygens (including phenoxy) is 3. The Morgan fingerprint density at radius 3 is 2.05 bits per heavy atom. The highest BCUT2D eigenvalue weighted by atomic mass is 32.2. The van der Waals surface area contributed by atoms with Gasteiger partial charge in [-0.2, -0.15) is 0 Å². The van der Waals surface area contributed by atoms with Crippen LogP contribution >= 0.6 is 12.1 Å². The first kappa shape index (κ1) is 46.6. The van der Waals surface area contributed by atoms with E-state index >= 15 is 0 Å². The van der Waals surface area contributed by atoms with E-state index in [0.717, 1.165) is 32.2 Å². The molecule has 3 aromatic rings. The van der Waals surface area contributed by atoms with E-state index in [1.165, 1.54) is 20.0 Å². The number of hydrogen-bond donors (Lipinski definition) is 6. The summed E-state index contributed by atoms with van der Waals surface area (Å²) < 4.78 is 19.8. The minimum atomic E-state index is -1.16. The van der Waals surface area contributed by atoms with Gasteiger partial charge in [-0.15, -0.1) is 4.41 Å². The average Bonchev–Trinajstić information content (AvgIpc) is 3.54. The fourth-order valence-corrected chi connectivity index (χ4v) is 6.91. The average molecular weight is 846 g/mol. The molecular formula is C43H55N7O9S. The van der Waals surface area contributed by atoms with E-state index in [1.807, 2.05) is 78.9 Å². The van der Waals surface area contributed by atoms with Gasteiger partial charge in [0.25, 0.3) is 5.91 Å². The predicted octanol–water partition coefficient (Wildman–Crippen LogP) is 5.26. The molecule has 1 aliphatic carbocycles. The quantitative estimate of drug-likeness (QED) is 0.0302. The van der Waals surface area contributed by atoms with Crippen LogP contribution in [0.4, 0.5) is 14.4 Å². The highest BCUT2D eigenvalue weighted by Gasteiger charge is 2.32. The number of carbonyl (C=O) groups excluding carboxylic acids is 6. The Morgan fingerprint density at radius 2 is 1.43 bits per heavy atom. The van der Waals surface area contributed by atoms with Crippen molar-refractivity contribution in [2.75, 3.05) is 26.8 Å². The summed E-state index contributed by atoms with van der Waals surface area (Å²) in [4.78, 5) is 78.5. The molecule has 0 saturated carbocycles. The van der Waals surface area contributed by atoms with Crippen LogP contribution in [0.15, 0.2) is 91.5 Å². The van der Waals surface area contributed by atoms with Crippen LogP contribution in [0.3, 0.4) is 0 Å². The highest BCUT2D eigenvalue weighted by molar-refractivity contribution is 7.95. The van der Waals surface area contributed by atoms with Crippen molar-refractivity contribution in [2.24, 2.45) is 0 Å². The van der Waals surface area contributed by atoms with Gasteiger partial charge in [0.2, 0.25) is 11.8 Å². The molecule has 0 radical (unpaired) electrons. The van der Waals surface area contributed by atoms with Crippen LogP contribution in [0.1, 0.15) is 69.6 Å². The fourth-order valence-electron chi connectivity index (χ4n) is 6.22. The molecule has 1 aliphatic rings. The van der Waals surface area contributed by atoms with Gasteiger partial charge in [0, 0.05) is 19.5 Å². The van der Waals surface area contributed by atoms with Crippen molar-refractivity contribution in [2.45, 2.75) is 83.0 Å². The summed E-state index contributed by atoms with van der Waals surface area (Å²) in [7, 11) is 1.46. The summed E-state index contributed by atoms with van der Waals surface area (Å²) in [6, 6.07) is 21.6. The molecule has 0 bridgehead atoms. The molecule has 0 saturated heterocycles. The van der Waals surface area contributed by atoms with E-state index in [2.05, 4.69) is 38.0 Å². The Morgan fingerprint density at radius 1 is 0.800 bits per heavy atom. The molecule has 16 nitrogen and oxygen atoms in total. The number of hydrogen-bond acceptors (Lipinski definition) is 11. The van der Waals surface area contributed by atoms with E-state index in [4.69, 9.17) is 14.2 Å². The van der Waals surface area contributed by atoms with E-state index in [1.54, 1.807) is 20.8 Å². The summed E-state index contributed by atoms with van der Waals surface area (Å²) in [5.41, 5.74) is 6.61. The molecule has 3 atom stereocenters. The van der Waals surface area contributed by atoms with Gasteiger partial charge in [0.15, 0.2) is 0 Å². The van der Waals surface area contributed by atoms with Crippen molar-refractivity contribution in [1.29, 1.82) is 0 Å². The molecule has 6 N–H and O–H groups in total. The number of nitrogens with one attached hydrogen (secondary N) is 6. The zero-order valence-electron chi connectivity index (χ0n) is 34.6. The molecule has 0 heterocycles. The number of benzene rings is 3. The van der Waals surface area contributed by atoms with Crippen LogP contribution in [-0.2, 0) is 35.0 Å². The van der Waals surface area contributed by atoms with Crippen molar-refractivity contribution in [3.05, 3.63) is 108 Å². The van der Waals surface area contributed by atoms with Gasteiger partial charge < -0.3 is 35.5 Å². The number of carbonyl (C=O) groups is 6. The van der Waals surface area contributed by atoms with E-state index in [-0.39, 0.29) is 32.0 Å². The van der Waals surface area contributed by atoms with Gasteiger partial charge in [0.1, 0.15) is 36.9 Å². The molecular weight excluding hydrogens is 791 g/mol. The lowest BCUT2D eigenvalue weighted by atomic mass is 9.98. The number of likely N-dealkylation sites (N-methyl/N-ethyl adjacent to an activating group) is 1. The number of hydrazine groups is 1. The summed E-state index contributed by atoms with van der Waals surface area (Å²) >= 11 is 0.596. The fraction of sp³-hybridized carbons (Fsp3) is 0.395. The molecule has 60 heavy (non-hydrogen) atoms. The molecule has 6 amide bonds. The summed E-state index contributed by atoms with van der Waals surface area (Å²) in [5.74, 6) is -2.07. The number of nitrogens with zero attached hydrogens (tertiary/aromatic N) is 1. The monoisotopic (exact) mass is 845 g/mol. The van der Waals surface area contributed by atoms with Crippen LogP contribution in [0.2, 0.25) is 0 Å². The van der Waals surface area contributed by atoms with Crippen LogP contribution in [0.25, 0.3) is 11.1 Å². The first-order valence-electron chi connectivity index (χ1n) is 19.7.